The minimum absolute atomic E-state index is 0.212. The zero-order valence-electron chi connectivity index (χ0n) is 11.8. The summed E-state index contributed by atoms with van der Waals surface area (Å²) in [6, 6.07) is 0. The van der Waals surface area contributed by atoms with E-state index in [2.05, 4.69) is 27.4 Å². The van der Waals surface area contributed by atoms with Gasteiger partial charge in [0.25, 0.3) is 0 Å². The lowest BCUT2D eigenvalue weighted by atomic mass is 9.80. The normalized spacial score (nSPS) is 38.8. The van der Waals surface area contributed by atoms with Gasteiger partial charge >= 0.3 is 0 Å². The summed E-state index contributed by atoms with van der Waals surface area (Å²) in [7, 11) is 0. The van der Waals surface area contributed by atoms with Gasteiger partial charge in [0.1, 0.15) is 0 Å². The van der Waals surface area contributed by atoms with E-state index in [0.717, 1.165) is 6.42 Å². The van der Waals surface area contributed by atoms with Gasteiger partial charge in [0.15, 0.2) is 0 Å². The zero-order valence-corrected chi connectivity index (χ0v) is 11.8. The highest BCUT2D eigenvalue weighted by molar-refractivity contribution is 5.03. The number of rotatable bonds is 0. The van der Waals surface area contributed by atoms with Crippen LogP contribution in [0.1, 0.15) is 72.1 Å². The van der Waals surface area contributed by atoms with E-state index in [4.69, 9.17) is 4.74 Å². The molecular formula is C16H28O. The number of hydrogen-bond acceptors (Lipinski definition) is 1. The van der Waals surface area contributed by atoms with Crippen LogP contribution in [-0.4, -0.2) is 11.7 Å². The second-order valence-electron chi connectivity index (χ2n) is 7.08. The van der Waals surface area contributed by atoms with Crippen LogP contribution in [-0.2, 0) is 4.74 Å². The van der Waals surface area contributed by atoms with Crippen LogP contribution in [0, 0.1) is 5.41 Å². The largest absolute Gasteiger partial charge is 0.366 e. The van der Waals surface area contributed by atoms with Gasteiger partial charge in [-0.05, 0) is 50.9 Å². The van der Waals surface area contributed by atoms with Gasteiger partial charge < -0.3 is 4.74 Å². The maximum absolute atomic E-state index is 5.88. The highest BCUT2D eigenvalue weighted by Crippen LogP contribution is 2.45. The van der Waals surface area contributed by atoms with Crippen LogP contribution in [0.3, 0.4) is 0 Å². The average Bonchev–Trinajstić information content (AvgIpc) is 2.90. The fraction of sp³-hybridized carbons (Fsp3) is 0.875. The minimum Gasteiger partial charge on any atom is -0.366 e. The average molecular weight is 236 g/mol. The maximum Gasteiger partial charge on any atom is 0.0920 e. The lowest BCUT2D eigenvalue weighted by molar-refractivity contribution is 0.270. The Hall–Kier alpha value is -0.300. The van der Waals surface area contributed by atoms with Crippen LogP contribution >= 0.6 is 0 Å². The second kappa shape index (κ2) is 4.76. The van der Waals surface area contributed by atoms with E-state index in [1.54, 1.807) is 0 Å². The SMILES string of the molecule is C=C1CCC2OC2(C)CCCCC(C)(C)CC1. The Morgan fingerprint density at radius 1 is 1.06 bits per heavy atom. The Morgan fingerprint density at radius 3 is 2.53 bits per heavy atom. The van der Waals surface area contributed by atoms with Crippen LogP contribution in [0.2, 0.25) is 0 Å². The van der Waals surface area contributed by atoms with Crippen LogP contribution < -0.4 is 0 Å². The molecule has 17 heavy (non-hydrogen) atoms. The number of epoxide rings is 1. The first-order valence-electron chi connectivity index (χ1n) is 7.26. The van der Waals surface area contributed by atoms with E-state index in [1.807, 2.05) is 0 Å². The summed E-state index contributed by atoms with van der Waals surface area (Å²) in [5.41, 5.74) is 2.13. The van der Waals surface area contributed by atoms with Crippen LogP contribution in [0.4, 0.5) is 0 Å². The molecule has 0 bridgehead atoms. The third kappa shape index (κ3) is 3.58. The molecule has 2 aliphatic rings. The lowest BCUT2D eigenvalue weighted by Crippen LogP contribution is -2.15. The molecule has 0 N–H and O–H groups in total. The van der Waals surface area contributed by atoms with Gasteiger partial charge in [-0.3, -0.25) is 0 Å². The fourth-order valence-electron chi connectivity index (χ4n) is 3.06. The van der Waals surface area contributed by atoms with E-state index >= 15 is 0 Å². The van der Waals surface area contributed by atoms with Crippen molar-refractivity contribution in [3.05, 3.63) is 12.2 Å². The van der Waals surface area contributed by atoms with Gasteiger partial charge in [-0.15, -0.1) is 0 Å². The standard InChI is InChI=1S/C16H28O/c1-13-7-8-14-16(4,17-14)11-6-5-10-15(2,3)12-9-13/h14H,1,5-12H2,2-4H3. The molecule has 1 heteroatoms. The molecule has 1 aliphatic carbocycles. The predicted octanol–water partition coefficient (Wildman–Crippen LogP) is 4.86. The van der Waals surface area contributed by atoms with Crippen LogP contribution in [0.25, 0.3) is 0 Å². The number of ether oxygens (including phenoxy) is 1. The Labute approximate surface area is 107 Å². The van der Waals surface area contributed by atoms with E-state index in [-0.39, 0.29) is 5.60 Å². The first-order chi connectivity index (χ1) is 7.91. The highest BCUT2D eigenvalue weighted by atomic mass is 16.6. The van der Waals surface area contributed by atoms with Gasteiger partial charge in [0, 0.05) is 0 Å². The molecule has 0 radical (unpaired) electrons. The highest BCUT2D eigenvalue weighted by Gasteiger charge is 2.50. The molecule has 0 amide bonds. The van der Waals surface area contributed by atoms with E-state index in [9.17, 15) is 0 Å². The van der Waals surface area contributed by atoms with Gasteiger partial charge in [0.05, 0.1) is 11.7 Å². The number of fused-ring (bicyclic) bond motifs is 1. The van der Waals surface area contributed by atoms with Crippen molar-refractivity contribution in [2.45, 2.75) is 83.8 Å². The van der Waals surface area contributed by atoms with Crippen LogP contribution in [0.15, 0.2) is 12.2 Å². The summed E-state index contributed by atoms with van der Waals surface area (Å²) < 4.78 is 5.88. The third-order valence-electron chi connectivity index (χ3n) is 4.73. The Bertz CT molecular complexity index is 292. The molecule has 98 valence electrons. The van der Waals surface area contributed by atoms with Crippen molar-refractivity contribution in [1.29, 1.82) is 0 Å². The Kier molecular flexibility index (Phi) is 3.68. The van der Waals surface area contributed by atoms with E-state index < -0.39 is 0 Å². The molecule has 1 aliphatic heterocycles. The van der Waals surface area contributed by atoms with E-state index in [0.29, 0.717) is 11.5 Å². The summed E-state index contributed by atoms with van der Waals surface area (Å²) in [4.78, 5) is 0. The molecule has 1 saturated carbocycles. The van der Waals surface area contributed by atoms with Crippen molar-refractivity contribution in [3.63, 3.8) is 0 Å². The molecule has 2 fully saturated rings. The van der Waals surface area contributed by atoms with Crippen LogP contribution in [0.5, 0.6) is 0 Å². The Morgan fingerprint density at radius 2 is 1.76 bits per heavy atom. The predicted molar refractivity (Wildman–Crippen MR) is 73.1 cm³/mol. The summed E-state index contributed by atoms with van der Waals surface area (Å²) in [5, 5.41) is 0. The zero-order chi connectivity index (χ0) is 12.5. The topological polar surface area (TPSA) is 12.5 Å². The molecule has 2 rings (SSSR count). The molecule has 1 saturated heterocycles. The van der Waals surface area contributed by atoms with Crippen molar-refractivity contribution in [1.82, 2.24) is 0 Å². The van der Waals surface area contributed by atoms with Crippen molar-refractivity contribution in [2.24, 2.45) is 5.41 Å². The molecule has 0 aromatic rings. The monoisotopic (exact) mass is 236 g/mol. The van der Waals surface area contributed by atoms with Crippen molar-refractivity contribution < 1.29 is 4.74 Å². The molecule has 1 nitrogen and oxygen atoms in total. The molecule has 0 spiro atoms. The minimum atomic E-state index is 0.212. The summed E-state index contributed by atoms with van der Waals surface area (Å²) >= 11 is 0. The smallest absolute Gasteiger partial charge is 0.0920 e. The summed E-state index contributed by atoms with van der Waals surface area (Å²) in [6.07, 6.45) is 10.7. The summed E-state index contributed by atoms with van der Waals surface area (Å²) in [6.45, 7) is 11.3. The quantitative estimate of drug-likeness (QED) is 0.432. The second-order valence-corrected chi connectivity index (χ2v) is 7.08. The van der Waals surface area contributed by atoms with Crippen molar-refractivity contribution >= 4 is 0 Å². The molecule has 2 unspecified atom stereocenters. The first kappa shape index (κ1) is 13.1. The molecular weight excluding hydrogens is 208 g/mol. The van der Waals surface area contributed by atoms with Gasteiger partial charge in [-0.2, -0.15) is 0 Å². The maximum atomic E-state index is 5.88. The molecule has 0 aromatic heterocycles. The first-order valence-corrected chi connectivity index (χ1v) is 7.26. The number of hydrogen-bond donors (Lipinski definition) is 0. The van der Waals surface area contributed by atoms with Gasteiger partial charge in [-0.25, -0.2) is 0 Å². The Balaban J connectivity index is 1.91. The van der Waals surface area contributed by atoms with Crippen molar-refractivity contribution in [3.8, 4) is 0 Å². The molecule has 1 heterocycles. The summed E-state index contributed by atoms with van der Waals surface area (Å²) in [5.74, 6) is 0. The van der Waals surface area contributed by atoms with Gasteiger partial charge in [0.2, 0.25) is 0 Å². The lowest BCUT2D eigenvalue weighted by Gasteiger charge is -2.25. The number of allylic oxidation sites excluding steroid dienone is 1. The van der Waals surface area contributed by atoms with Gasteiger partial charge in [-0.1, -0.05) is 38.8 Å². The van der Waals surface area contributed by atoms with Crippen molar-refractivity contribution in [2.75, 3.05) is 0 Å². The van der Waals surface area contributed by atoms with E-state index in [1.165, 1.54) is 50.5 Å². The fourth-order valence-corrected chi connectivity index (χ4v) is 3.06. The third-order valence-corrected chi connectivity index (χ3v) is 4.73. The molecule has 0 aromatic carbocycles. The molecule has 2 atom stereocenters.